The summed E-state index contributed by atoms with van der Waals surface area (Å²) < 4.78 is 6.40. The predicted octanol–water partition coefficient (Wildman–Crippen LogP) is 3.46. The Labute approximate surface area is 126 Å². The number of hydrogen-bond donors (Lipinski definition) is 1. The first-order valence-electron chi connectivity index (χ1n) is 6.59. The lowest BCUT2D eigenvalue weighted by atomic mass is 10.0. The van der Waals surface area contributed by atoms with Gasteiger partial charge >= 0.3 is 0 Å². The van der Waals surface area contributed by atoms with E-state index in [0.29, 0.717) is 11.5 Å². The van der Waals surface area contributed by atoms with Crippen molar-refractivity contribution in [1.29, 1.82) is 0 Å². The third-order valence-electron chi connectivity index (χ3n) is 3.17. The molecule has 3 rings (SSSR count). The number of nitrogens with two attached hydrogens (primary N) is 1. The van der Waals surface area contributed by atoms with E-state index < -0.39 is 5.91 Å². The van der Waals surface area contributed by atoms with E-state index in [1.54, 1.807) is 12.4 Å². The lowest BCUT2D eigenvalue weighted by Crippen LogP contribution is -2.08. The molecule has 5 heteroatoms. The van der Waals surface area contributed by atoms with Gasteiger partial charge in [-0.3, -0.25) is 9.78 Å². The van der Waals surface area contributed by atoms with E-state index in [9.17, 15) is 4.79 Å². The van der Waals surface area contributed by atoms with Crippen LogP contribution in [0.5, 0.6) is 5.75 Å². The second-order valence-corrected chi connectivity index (χ2v) is 5.61. The number of hydrogen-bond acceptors (Lipinski definition) is 4. The highest BCUT2D eigenvalue weighted by Crippen LogP contribution is 2.33. The van der Waals surface area contributed by atoms with E-state index in [0.717, 1.165) is 27.0 Å². The van der Waals surface area contributed by atoms with Crippen molar-refractivity contribution in [2.75, 3.05) is 6.61 Å². The number of rotatable bonds is 4. The van der Waals surface area contributed by atoms with Gasteiger partial charge in [0.15, 0.2) is 0 Å². The Bertz CT molecular complexity index is 794. The summed E-state index contributed by atoms with van der Waals surface area (Å²) >= 11 is 1.36. The maximum Gasteiger partial charge on any atom is 0.258 e. The summed E-state index contributed by atoms with van der Waals surface area (Å²) in [7, 11) is 0. The Morgan fingerprint density at radius 3 is 2.71 bits per heavy atom. The predicted molar refractivity (Wildman–Crippen MR) is 84.7 cm³/mol. The monoisotopic (exact) mass is 298 g/mol. The van der Waals surface area contributed by atoms with Crippen LogP contribution in [0.15, 0.2) is 42.7 Å². The number of pyridine rings is 1. The number of carbonyl (C=O) groups excluding carboxylic acids is 1. The van der Waals surface area contributed by atoms with Gasteiger partial charge in [0.25, 0.3) is 5.91 Å². The van der Waals surface area contributed by atoms with Gasteiger partial charge in [0.05, 0.1) is 16.2 Å². The first-order chi connectivity index (χ1) is 10.2. The number of amides is 1. The fourth-order valence-corrected chi connectivity index (χ4v) is 3.12. The average Bonchev–Trinajstić information content (AvgIpc) is 2.93. The molecule has 4 nitrogen and oxygen atoms in total. The lowest BCUT2D eigenvalue weighted by Gasteiger charge is -2.06. The molecule has 2 heterocycles. The molecule has 1 aromatic carbocycles. The number of aromatic nitrogens is 1. The summed E-state index contributed by atoms with van der Waals surface area (Å²) in [5.41, 5.74) is 7.37. The molecule has 0 bridgehead atoms. The van der Waals surface area contributed by atoms with Gasteiger partial charge in [-0.25, -0.2) is 0 Å². The van der Waals surface area contributed by atoms with Crippen LogP contribution in [0, 0.1) is 0 Å². The summed E-state index contributed by atoms with van der Waals surface area (Å²) in [4.78, 5) is 16.1. The first-order valence-corrected chi connectivity index (χ1v) is 7.41. The molecule has 0 radical (unpaired) electrons. The van der Waals surface area contributed by atoms with Crippen LogP contribution in [-0.4, -0.2) is 17.5 Å². The van der Waals surface area contributed by atoms with Gasteiger partial charge in [-0.05, 0) is 30.7 Å². The quantitative estimate of drug-likeness (QED) is 0.802. The molecular formula is C16H14N2O2S. The van der Waals surface area contributed by atoms with E-state index in [1.807, 2.05) is 37.3 Å². The molecule has 0 unspecified atom stereocenters. The summed E-state index contributed by atoms with van der Waals surface area (Å²) in [5, 5.41) is 0.993. The van der Waals surface area contributed by atoms with E-state index in [4.69, 9.17) is 10.5 Å². The van der Waals surface area contributed by atoms with Gasteiger partial charge in [-0.1, -0.05) is 12.1 Å². The fourth-order valence-electron chi connectivity index (χ4n) is 2.21. The molecule has 0 saturated carbocycles. The number of fused-ring (bicyclic) bond motifs is 1. The van der Waals surface area contributed by atoms with Crippen molar-refractivity contribution in [1.82, 2.24) is 4.98 Å². The maximum absolute atomic E-state index is 11.3. The molecule has 0 atom stereocenters. The zero-order valence-corrected chi connectivity index (χ0v) is 12.3. The van der Waals surface area contributed by atoms with Crippen molar-refractivity contribution in [2.24, 2.45) is 5.73 Å². The maximum atomic E-state index is 11.3. The van der Waals surface area contributed by atoms with Crippen molar-refractivity contribution >= 4 is 27.3 Å². The first kappa shape index (κ1) is 13.6. The smallest absolute Gasteiger partial charge is 0.258 e. The molecule has 2 aromatic heterocycles. The number of thiophene rings is 1. The summed E-state index contributed by atoms with van der Waals surface area (Å²) in [6, 6.07) is 9.67. The van der Waals surface area contributed by atoms with Crippen LogP contribution >= 0.6 is 11.3 Å². The van der Waals surface area contributed by atoms with Crippen LogP contribution in [0.3, 0.4) is 0 Å². The number of nitrogens with zero attached hydrogens (tertiary/aromatic N) is 1. The molecule has 0 aliphatic heterocycles. The number of primary amides is 1. The molecule has 1 amide bonds. The third kappa shape index (κ3) is 2.60. The molecule has 0 aliphatic carbocycles. The topological polar surface area (TPSA) is 65.2 Å². The zero-order chi connectivity index (χ0) is 14.8. The van der Waals surface area contributed by atoms with Crippen LogP contribution in [0.1, 0.15) is 16.6 Å². The second-order valence-electron chi connectivity index (χ2n) is 4.53. The Kier molecular flexibility index (Phi) is 3.58. The molecule has 2 N–H and O–H groups in total. The van der Waals surface area contributed by atoms with Crippen molar-refractivity contribution in [3.8, 4) is 16.9 Å². The largest absolute Gasteiger partial charge is 0.494 e. The van der Waals surface area contributed by atoms with Crippen molar-refractivity contribution < 1.29 is 9.53 Å². The Morgan fingerprint density at radius 1 is 1.29 bits per heavy atom. The average molecular weight is 298 g/mol. The molecular weight excluding hydrogens is 284 g/mol. The number of benzene rings is 1. The summed E-state index contributed by atoms with van der Waals surface area (Å²) in [5.74, 6) is 0.429. The van der Waals surface area contributed by atoms with Crippen molar-refractivity contribution in [3.63, 3.8) is 0 Å². The van der Waals surface area contributed by atoms with E-state index in [1.165, 1.54) is 11.3 Å². The van der Waals surface area contributed by atoms with Gasteiger partial charge in [0, 0.05) is 23.3 Å². The standard InChI is InChI=1S/C16H14N2O2S/c1-2-20-11-5-3-10(4-6-11)13-8-18-9-15-12(13)7-14(21-15)16(17)19/h3-9H,2H2,1H3,(H2,17,19). The minimum absolute atomic E-state index is 0.408. The van der Waals surface area contributed by atoms with Crippen LogP contribution in [-0.2, 0) is 0 Å². The number of ether oxygens (including phenoxy) is 1. The Hall–Kier alpha value is -2.40. The lowest BCUT2D eigenvalue weighted by molar-refractivity contribution is 0.100. The highest BCUT2D eigenvalue weighted by atomic mass is 32.1. The third-order valence-corrected chi connectivity index (χ3v) is 4.25. The van der Waals surface area contributed by atoms with Crippen LogP contribution in [0.25, 0.3) is 21.2 Å². The van der Waals surface area contributed by atoms with E-state index in [-0.39, 0.29) is 0 Å². The van der Waals surface area contributed by atoms with Gasteiger partial charge in [0.1, 0.15) is 5.75 Å². The van der Waals surface area contributed by atoms with Crippen LogP contribution < -0.4 is 10.5 Å². The Balaban J connectivity index is 2.08. The van der Waals surface area contributed by atoms with Crippen molar-refractivity contribution in [2.45, 2.75) is 6.92 Å². The van der Waals surface area contributed by atoms with Gasteiger partial charge in [0.2, 0.25) is 0 Å². The second kappa shape index (κ2) is 5.54. The molecule has 0 saturated heterocycles. The van der Waals surface area contributed by atoms with Gasteiger partial charge < -0.3 is 10.5 Å². The van der Waals surface area contributed by atoms with Gasteiger partial charge in [-0.15, -0.1) is 11.3 Å². The highest BCUT2D eigenvalue weighted by Gasteiger charge is 2.11. The fraction of sp³-hybridized carbons (Fsp3) is 0.125. The molecule has 0 aliphatic rings. The molecule has 21 heavy (non-hydrogen) atoms. The zero-order valence-electron chi connectivity index (χ0n) is 11.5. The normalized spacial score (nSPS) is 10.7. The minimum Gasteiger partial charge on any atom is -0.494 e. The van der Waals surface area contributed by atoms with Crippen LogP contribution in [0.4, 0.5) is 0 Å². The van der Waals surface area contributed by atoms with E-state index in [2.05, 4.69) is 4.98 Å². The molecule has 0 fully saturated rings. The summed E-state index contributed by atoms with van der Waals surface area (Å²) in [6.07, 6.45) is 3.56. The minimum atomic E-state index is -0.408. The Morgan fingerprint density at radius 2 is 2.05 bits per heavy atom. The van der Waals surface area contributed by atoms with Gasteiger partial charge in [-0.2, -0.15) is 0 Å². The summed E-state index contributed by atoms with van der Waals surface area (Å²) in [6.45, 7) is 2.60. The van der Waals surface area contributed by atoms with Crippen molar-refractivity contribution in [3.05, 3.63) is 47.6 Å². The SMILES string of the molecule is CCOc1ccc(-c2cncc3sc(C(N)=O)cc23)cc1. The van der Waals surface area contributed by atoms with E-state index >= 15 is 0 Å². The highest BCUT2D eigenvalue weighted by molar-refractivity contribution is 7.20. The van der Waals surface area contributed by atoms with Crippen LogP contribution in [0.2, 0.25) is 0 Å². The molecule has 106 valence electrons. The molecule has 3 aromatic rings. The molecule has 0 spiro atoms. The number of carbonyl (C=O) groups is 1.